The van der Waals surface area contributed by atoms with Crippen LogP contribution in [0.25, 0.3) is 0 Å². The van der Waals surface area contributed by atoms with Gasteiger partial charge in [-0.2, -0.15) is 0 Å². The van der Waals surface area contributed by atoms with Crippen molar-refractivity contribution in [3.8, 4) is 0 Å². The van der Waals surface area contributed by atoms with E-state index in [4.69, 9.17) is 29.0 Å². The number of hydrazine groups is 1. The minimum atomic E-state index is -0.305. The highest BCUT2D eigenvalue weighted by Gasteiger charge is 2.19. The van der Waals surface area contributed by atoms with Gasteiger partial charge >= 0.3 is 0 Å². The van der Waals surface area contributed by atoms with Crippen molar-refractivity contribution in [3.63, 3.8) is 0 Å². The summed E-state index contributed by atoms with van der Waals surface area (Å²) in [5.41, 5.74) is 4.87. The third-order valence-electron chi connectivity index (χ3n) is 2.68. The number of nitrogens with one attached hydrogen (secondary N) is 1. The fourth-order valence-corrected chi connectivity index (χ4v) is 3.30. The van der Waals surface area contributed by atoms with Crippen LogP contribution in [0.15, 0.2) is 24.3 Å². The van der Waals surface area contributed by atoms with Gasteiger partial charge < -0.3 is 0 Å². The summed E-state index contributed by atoms with van der Waals surface area (Å²) in [6.45, 7) is 1.70. The summed E-state index contributed by atoms with van der Waals surface area (Å²) in [6.07, 6.45) is 0. The maximum absolute atomic E-state index is 13.3. The summed E-state index contributed by atoms with van der Waals surface area (Å²) in [7, 11) is 0. The molecule has 96 valence electrons. The Balaban J connectivity index is 2.45. The zero-order valence-electron chi connectivity index (χ0n) is 9.51. The second kappa shape index (κ2) is 5.55. The van der Waals surface area contributed by atoms with Crippen molar-refractivity contribution in [2.75, 3.05) is 0 Å². The van der Waals surface area contributed by atoms with Gasteiger partial charge in [0.1, 0.15) is 5.82 Å². The lowest BCUT2D eigenvalue weighted by molar-refractivity contribution is 0.608. The van der Waals surface area contributed by atoms with Crippen molar-refractivity contribution in [2.45, 2.75) is 13.0 Å². The first-order valence-electron chi connectivity index (χ1n) is 5.20. The Morgan fingerprint density at radius 1 is 1.33 bits per heavy atom. The highest BCUT2D eigenvalue weighted by molar-refractivity contribution is 7.20. The molecule has 1 aromatic carbocycles. The van der Waals surface area contributed by atoms with E-state index in [2.05, 4.69) is 5.43 Å². The van der Waals surface area contributed by atoms with Gasteiger partial charge in [0.2, 0.25) is 0 Å². The molecule has 0 amide bonds. The molecule has 2 rings (SSSR count). The van der Waals surface area contributed by atoms with Crippen molar-refractivity contribution < 1.29 is 4.39 Å². The van der Waals surface area contributed by atoms with Crippen molar-refractivity contribution in [3.05, 3.63) is 55.4 Å². The van der Waals surface area contributed by atoms with E-state index in [0.717, 1.165) is 11.1 Å². The number of hydrogen-bond donors (Lipinski definition) is 2. The molecule has 0 fully saturated rings. The third kappa shape index (κ3) is 2.68. The van der Waals surface area contributed by atoms with Crippen LogP contribution in [0.4, 0.5) is 4.39 Å². The molecule has 1 heterocycles. The van der Waals surface area contributed by atoms with E-state index in [1.807, 2.05) is 0 Å². The van der Waals surface area contributed by atoms with Gasteiger partial charge in [0, 0.05) is 5.56 Å². The van der Waals surface area contributed by atoms with Crippen molar-refractivity contribution in [2.24, 2.45) is 5.84 Å². The van der Waals surface area contributed by atoms with Gasteiger partial charge in [-0.3, -0.25) is 5.84 Å². The normalized spacial score (nSPS) is 12.7. The van der Waals surface area contributed by atoms with E-state index in [-0.39, 0.29) is 11.9 Å². The predicted octanol–water partition coefficient (Wildman–Crippen LogP) is 4.06. The van der Waals surface area contributed by atoms with Crippen LogP contribution < -0.4 is 11.3 Å². The van der Waals surface area contributed by atoms with Gasteiger partial charge in [-0.25, -0.2) is 9.82 Å². The van der Waals surface area contributed by atoms with Gasteiger partial charge in [0.05, 0.1) is 14.7 Å². The molecule has 0 spiro atoms. The van der Waals surface area contributed by atoms with Crippen LogP contribution >= 0.6 is 34.5 Å². The van der Waals surface area contributed by atoms with Gasteiger partial charge in [-0.1, -0.05) is 35.3 Å². The molecule has 0 bridgehead atoms. The molecule has 2 nitrogen and oxygen atoms in total. The van der Waals surface area contributed by atoms with Gasteiger partial charge in [-0.15, -0.1) is 11.3 Å². The number of halogens is 3. The highest BCUT2D eigenvalue weighted by atomic mass is 35.5. The van der Waals surface area contributed by atoms with Crippen molar-refractivity contribution in [1.29, 1.82) is 0 Å². The minimum Gasteiger partial charge on any atom is -0.271 e. The molecule has 18 heavy (non-hydrogen) atoms. The van der Waals surface area contributed by atoms with Crippen molar-refractivity contribution >= 4 is 34.5 Å². The van der Waals surface area contributed by atoms with Crippen molar-refractivity contribution in [1.82, 2.24) is 5.43 Å². The van der Waals surface area contributed by atoms with Crippen LogP contribution in [0.5, 0.6) is 0 Å². The molecular formula is C12H11Cl2FN2S. The average Bonchev–Trinajstić information content (AvgIpc) is 2.64. The van der Waals surface area contributed by atoms with E-state index < -0.39 is 0 Å². The van der Waals surface area contributed by atoms with E-state index in [9.17, 15) is 4.39 Å². The Morgan fingerprint density at radius 3 is 2.56 bits per heavy atom. The summed E-state index contributed by atoms with van der Waals surface area (Å²) in [4.78, 5) is 0. The number of aryl methyl sites for hydroxylation is 1. The molecule has 0 aliphatic heterocycles. The standard InChI is InChI=1S/C12H11Cl2FN2S/c1-6-4-7(2-3-9(6)15)11(17-16)8-5-10(13)18-12(8)14/h2-5,11,17H,16H2,1H3. The maximum Gasteiger partial charge on any atom is 0.126 e. The number of thiophene rings is 1. The second-order valence-corrected chi connectivity index (χ2v) is 6.17. The second-order valence-electron chi connectivity index (χ2n) is 3.89. The topological polar surface area (TPSA) is 38.0 Å². The molecule has 1 unspecified atom stereocenters. The Labute approximate surface area is 118 Å². The smallest absolute Gasteiger partial charge is 0.126 e. The van der Waals surface area contributed by atoms with E-state index in [0.29, 0.717) is 14.2 Å². The zero-order chi connectivity index (χ0) is 13.3. The van der Waals surface area contributed by atoms with Crippen LogP contribution in [0, 0.1) is 12.7 Å². The summed E-state index contributed by atoms with van der Waals surface area (Å²) < 4.78 is 14.4. The van der Waals surface area contributed by atoms with Crippen LogP contribution in [0.2, 0.25) is 8.67 Å². The number of hydrogen-bond acceptors (Lipinski definition) is 3. The van der Waals surface area contributed by atoms with Gasteiger partial charge in [-0.05, 0) is 30.2 Å². The molecule has 2 aromatic rings. The predicted molar refractivity (Wildman–Crippen MR) is 74.6 cm³/mol. The third-order valence-corrected chi connectivity index (χ3v) is 4.19. The number of nitrogens with two attached hydrogens (primary N) is 1. The lowest BCUT2D eigenvalue weighted by Gasteiger charge is -2.16. The number of benzene rings is 1. The molecular weight excluding hydrogens is 294 g/mol. The lowest BCUT2D eigenvalue weighted by Crippen LogP contribution is -2.28. The molecule has 3 N–H and O–H groups in total. The van der Waals surface area contributed by atoms with Crippen LogP contribution in [-0.4, -0.2) is 0 Å². The minimum absolute atomic E-state index is 0.246. The Morgan fingerprint density at radius 2 is 2.06 bits per heavy atom. The monoisotopic (exact) mass is 304 g/mol. The number of rotatable bonds is 3. The Hall–Kier alpha value is -0.650. The largest absolute Gasteiger partial charge is 0.271 e. The summed E-state index contributed by atoms with van der Waals surface area (Å²) >= 11 is 13.3. The Kier molecular flexibility index (Phi) is 4.25. The van der Waals surface area contributed by atoms with E-state index in [1.165, 1.54) is 17.4 Å². The Bertz CT molecular complexity index is 571. The average molecular weight is 305 g/mol. The first kappa shape index (κ1) is 13.8. The summed E-state index contributed by atoms with van der Waals surface area (Å²) in [5.74, 6) is 5.32. The van der Waals surface area contributed by atoms with Gasteiger partial charge in [0.15, 0.2) is 0 Å². The molecule has 0 saturated heterocycles. The highest BCUT2D eigenvalue weighted by Crippen LogP contribution is 2.37. The maximum atomic E-state index is 13.3. The van der Waals surface area contributed by atoms with Crippen LogP contribution in [-0.2, 0) is 0 Å². The molecule has 6 heteroatoms. The van der Waals surface area contributed by atoms with E-state index >= 15 is 0 Å². The molecule has 0 aliphatic rings. The SMILES string of the molecule is Cc1cc(C(NN)c2cc(Cl)sc2Cl)ccc1F. The molecule has 0 aliphatic carbocycles. The summed E-state index contributed by atoms with van der Waals surface area (Å²) in [5, 5.41) is 0. The molecule has 0 saturated carbocycles. The molecule has 0 radical (unpaired) electrons. The zero-order valence-corrected chi connectivity index (χ0v) is 11.8. The first-order valence-corrected chi connectivity index (χ1v) is 6.77. The lowest BCUT2D eigenvalue weighted by atomic mass is 10.00. The summed E-state index contributed by atoms with van der Waals surface area (Å²) in [6, 6.07) is 6.28. The fourth-order valence-electron chi connectivity index (χ4n) is 1.76. The first-order chi connectivity index (χ1) is 8.52. The van der Waals surface area contributed by atoms with E-state index in [1.54, 1.807) is 25.1 Å². The van der Waals surface area contributed by atoms with Gasteiger partial charge in [0.25, 0.3) is 0 Å². The van der Waals surface area contributed by atoms with Crippen LogP contribution in [0.1, 0.15) is 22.7 Å². The van der Waals surface area contributed by atoms with Crippen LogP contribution in [0.3, 0.4) is 0 Å². The molecule has 1 aromatic heterocycles. The quantitative estimate of drug-likeness (QED) is 0.663. The fraction of sp³-hybridized carbons (Fsp3) is 0.167. The molecule has 1 atom stereocenters.